The van der Waals surface area contributed by atoms with E-state index in [1.807, 2.05) is 0 Å². The second-order valence-electron chi connectivity index (χ2n) is 5.33. The first-order valence-corrected chi connectivity index (χ1v) is 7.47. The first kappa shape index (κ1) is 15.5. The molecule has 0 saturated carbocycles. The molecule has 1 amide bonds. The van der Waals surface area contributed by atoms with Crippen LogP contribution in [0.1, 0.15) is 13.0 Å². The van der Waals surface area contributed by atoms with Gasteiger partial charge in [0.1, 0.15) is 17.6 Å². The van der Waals surface area contributed by atoms with Crippen LogP contribution in [0.5, 0.6) is 11.5 Å². The summed E-state index contributed by atoms with van der Waals surface area (Å²) in [5, 5.41) is 4.18. The van der Waals surface area contributed by atoms with E-state index in [1.165, 1.54) is 30.5 Å². The lowest BCUT2D eigenvalue weighted by Gasteiger charge is -2.29. The van der Waals surface area contributed by atoms with Gasteiger partial charge in [0.2, 0.25) is 5.91 Å². The summed E-state index contributed by atoms with van der Waals surface area (Å²) >= 11 is 0. The molecule has 2 aromatic rings. The van der Waals surface area contributed by atoms with Crippen LogP contribution in [-0.4, -0.2) is 46.9 Å². The number of ether oxygens (including phenoxy) is 2. The van der Waals surface area contributed by atoms with E-state index in [1.54, 1.807) is 22.7 Å². The van der Waals surface area contributed by atoms with Gasteiger partial charge in [-0.2, -0.15) is 5.10 Å². The van der Waals surface area contributed by atoms with Crippen LogP contribution < -0.4 is 4.74 Å². The summed E-state index contributed by atoms with van der Waals surface area (Å²) in [5.74, 6) is 0.693. The molecule has 2 heterocycles. The van der Waals surface area contributed by atoms with E-state index in [9.17, 15) is 9.18 Å². The number of nitrogens with zero attached hydrogens (tertiary/aromatic N) is 3. The summed E-state index contributed by atoms with van der Waals surface area (Å²) in [7, 11) is 0. The van der Waals surface area contributed by atoms with Gasteiger partial charge < -0.3 is 14.4 Å². The van der Waals surface area contributed by atoms with Gasteiger partial charge in [-0.25, -0.2) is 4.39 Å². The van der Waals surface area contributed by atoms with Gasteiger partial charge in [-0.05, 0) is 31.2 Å². The topological polar surface area (TPSA) is 56.6 Å². The molecule has 0 N–H and O–H groups in total. The van der Waals surface area contributed by atoms with Crippen LogP contribution >= 0.6 is 0 Å². The second kappa shape index (κ2) is 6.78. The van der Waals surface area contributed by atoms with Gasteiger partial charge in [-0.1, -0.05) is 0 Å². The van der Waals surface area contributed by atoms with Gasteiger partial charge in [0.15, 0.2) is 5.75 Å². The highest BCUT2D eigenvalue weighted by Gasteiger charge is 2.24. The highest BCUT2D eigenvalue weighted by atomic mass is 19.1. The van der Waals surface area contributed by atoms with E-state index in [2.05, 4.69) is 5.10 Å². The molecule has 1 aromatic carbocycles. The van der Waals surface area contributed by atoms with Crippen molar-refractivity contribution in [3.63, 3.8) is 0 Å². The van der Waals surface area contributed by atoms with E-state index in [0.29, 0.717) is 37.8 Å². The Bertz CT molecular complexity index is 665. The zero-order valence-corrected chi connectivity index (χ0v) is 12.8. The van der Waals surface area contributed by atoms with Crippen molar-refractivity contribution >= 4 is 5.91 Å². The van der Waals surface area contributed by atoms with E-state index >= 15 is 0 Å². The molecular formula is C16H18FN3O3. The number of amides is 1. The fraction of sp³-hybridized carbons (Fsp3) is 0.375. The summed E-state index contributed by atoms with van der Waals surface area (Å²) in [4.78, 5) is 14.2. The highest BCUT2D eigenvalue weighted by molar-refractivity contribution is 5.80. The second-order valence-corrected chi connectivity index (χ2v) is 5.33. The molecule has 0 aliphatic carbocycles. The number of carbonyl (C=O) groups excluding carboxylic acids is 1. The molecule has 1 aliphatic heterocycles. The summed E-state index contributed by atoms with van der Waals surface area (Å²) in [6, 6.07) is 5.30. The van der Waals surface area contributed by atoms with Crippen molar-refractivity contribution in [3.05, 3.63) is 42.5 Å². The van der Waals surface area contributed by atoms with Crippen molar-refractivity contribution in [2.45, 2.75) is 13.0 Å². The molecule has 0 spiro atoms. The Hall–Kier alpha value is -2.41. The first-order valence-electron chi connectivity index (χ1n) is 7.47. The molecule has 0 radical (unpaired) electrons. The molecule has 0 bridgehead atoms. The smallest absolute Gasteiger partial charge is 0.247 e. The van der Waals surface area contributed by atoms with Gasteiger partial charge in [0.05, 0.1) is 25.6 Å². The minimum Gasteiger partial charge on any atom is -0.454 e. The number of hydrogen-bond donors (Lipinski definition) is 0. The lowest BCUT2D eigenvalue weighted by Crippen LogP contribution is -2.43. The van der Waals surface area contributed by atoms with Gasteiger partial charge in [0, 0.05) is 13.1 Å². The summed E-state index contributed by atoms with van der Waals surface area (Å²) < 4.78 is 25.3. The molecule has 122 valence electrons. The van der Waals surface area contributed by atoms with Crippen LogP contribution in [0.4, 0.5) is 4.39 Å². The largest absolute Gasteiger partial charge is 0.454 e. The van der Waals surface area contributed by atoms with Crippen molar-refractivity contribution in [2.24, 2.45) is 0 Å². The Balaban J connectivity index is 1.65. The average molecular weight is 319 g/mol. The maximum Gasteiger partial charge on any atom is 0.247 e. The number of carbonyl (C=O) groups is 1. The molecule has 1 aromatic heterocycles. The fourth-order valence-corrected chi connectivity index (χ4v) is 2.38. The predicted octanol–water partition coefficient (Wildman–Crippen LogP) is 2.23. The lowest BCUT2D eigenvalue weighted by atomic mass is 10.2. The predicted molar refractivity (Wildman–Crippen MR) is 80.8 cm³/mol. The first-order chi connectivity index (χ1) is 11.1. The number of aromatic nitrogens is 2. The van der Waals surface area contributed by atoms with Crippen LogP contribution in [0.15, 0.2) is 36.7 Å². The highest BCUT2D eigenvalue weighted by Crippen LogP contribution is 2.22. The molecular weight excluding hydrogens is 301 g/mol. The summed E-state index contributed by atoms with van der Waals surface area (Å²) in [6.45, 7) is 4.13. The standard InChI is InChI=1S/C16H18FN3O3/c1-12(16(21)19-6-8-22-9-7-19)20-11-15(10-18-20)23-14-4-2-13(17)3-5-14/h2-5,10-12H,6-9H2,1H3. The quantitative estimate of drug-likeness (QED) is 0.867. The number of halogens is 1. The van der Waals surface area contributed by atoms with Crippen LogP contribution in [0.3, 0.4) is 0 Å². The minimum absolute atomic E-state index is 0.00438. The molecule has 1 unspecified atom stereocenters. The van der Waals surface area contributed by atoms with E-state index in [4.69, 9.17) is 9.47 Å². The van der Waals surface area contributed by atoms with Crippen LogP contribution in [0.25, 0.3) is 0 Å². The van der Waals surface area contributed by atoms with Crippen molar-refractivity contribution < 1.29 is 18.7 Å². The van der Waals surface area contributed by atoms with Crippen molar-refractivity contribution in [1.82, 2.24) is 14.7 Å². The Labute approximate surface area is 133 Å². The number of hydrogen-bond acceptors (Lipinski definition) is 4. The zero-order chi connectivity index (χ0) is 16.2. The molecule has 1 saturated heterocycles. The molecule has 1 aliphatic rings. The average Bonchev–Trinajstić information content (AvgIpc) is 3.05. The fourth-order valence-electron chi connectivity index (χ4n) is 2.38. The van der Waals surface area contributed by atoms with Crippen molar-refractivity contribution in [2.75, 3.05) is 26.3 Å². The lowest BCUT2D eigenvalue weighted by molar-refractivity contribution is -0.138. The minimum atomic E-state index is -0.418. The molecule has 1 fully saturated rings. The number of benzene rings is 1. The SMILES string of the molecule is CC(C(=O)N1CCOCC1)n1cc(Oc2ccc(F)cc2)cn1. The maximum absolute atomic E-state index is 12.9. The molecule has 23 heavy (non-hydrogen) atoms. The van der Waals surface area contributed by atoms with Crippen LogP contribution in [0.2, 0.25) is 0 Å². The van der Waals surface area contributed by atoms with E-state index in [-0.39, 0.29) is 11.7 Å². The molecule has 6 nitrogen and oxygen atoms in total. The zero-order valence-electron chi connectivity index (χ0n) is 12.8. The molecule has 1 atom stereocenters. The Morgan fingerprint density at radius 3 is 2.65 bits per heavy atom. The van der Waals surface area contributed by atoms with Gasteiger partial charge >= 0.3 is 0 Å². The summed E-state index contributed by atoms with van der Waals surface area (Å²) in [5.41, 5.74) is 0. The van der Waals surface area contributed by atoms with E-state index in [0.717, 1.165) is 0 Å². The maximum atomic E-state index is 12.9. The van der Waals surface area contributed by atoms with Gasteiger partial charge in [0.25, 0.3) is 0 Å². The Morgan fingerprint density at radius 1 is 1.26 bits per heavy atom. The Morgan fingerprint density at radius 2 is 1.96 bits per heavy atom. The van der Waals surface area contributed by atoms with E-state index < -0.39 is 6.04 Å². The van der Waals surface area contributed by atoms with Crippen LogP contribution in [0, 0.1) is 5.82 Å². The Kier molecular flexibility index (Phi) is 4.57. The third-order valence-electron chi connectivity index (χ3n) is 3.70. The summed E-state index contributed by atoms with van der Waals surface area (Å²) in [6.07, 6.45) is 3.19. The van der Waals surface area contributed by atoms with Gasteiger partial charge in [-0.15, -0.1) is 0 Å². The monoisotopic (exact) mass is 319 g/mol. The third kappa shape index (κ3) is 3.68. The number of rotatable bonds is 4. The van der Waals surface area contributed by atoms with Crippen molar-refractivity contribution in [1.29, 1.82) is 0 Å². The van der Waals surface area contributed by atoms with Gasteiger partial charge in [-0.3, -0.25) is 9.48 Å². The molecule has 7 heteroatoms. The molecule has 3 rings (SSSR count). The normalized spacial score (nSPS) is 16.2. The van der Waals surface area contributed by atoms with Crippen LogP contribution in [-0.2, 0) is 9.53 Å². The number of morpholine rings is 1. The third-order valence-corrected chi connectivity index (χ3v) is 3.70. The van der Waals surface area contributed by atoms with Crippen molar-refractivity contribution in [3.8, 4) is 11.5 Å².